The number of aliphatic hydroxyl groups is 1. The maximum atomic E-state index is 14.5. The van der Waals surface area contributed by atoms with Crippen LogP contribution in [0.15, 0.2) is 12.7 Å². The maximum Gasteiger partial charge on any atom is 0.410 e. The molecule has 3 heterocycles. The SMILES string of the molecule is C=CC[C@H]1C(=O)O[C@@H](CC)[C@@]2(C)OC(=O)N(CCCCN)[C@@H]2[C@@H](C)NC[C@H](C)C[C@@](C)(OC)[C@H](O[C@@H]2O[C@H](C)CC(N(C)C)C2O)[C@H](C)C1=O. The number of cyclic esters (lactones) is 1. The molecule has 2 unspecified atom stereocenters. The normalized spacial score (nSPS) is 40.9. The van der Waals surface area contributed by atoms with Crippen molar-refractivity contribution in [2.45, 2.75) is 147 Å². The second kappa shape index (κ2) is 18.1. The summed E-state index contributed by atoms with van der Waals surface area (Å²) in [6.07, 6.45) is 0.00298. The van der Waals surface area contributed by atoms with Gasteiger partial charge in [-0.2, -0.15) is 0 Å². The Bertz CT molecular complexity index is 1160. The molecule has 0 spiro atoms. The van der Waals surface area contributed by atoms with Crippen LogP contribution in [0.5, 0.6) is 0 Å². The van der Waals surface area contributed by atoms with Crippen molar-refractivity contribution in [1.29, 1.82) is 0 Å². The molecule has 3 saturated heterocycles. The number of methoxy groups -OCH3 is 1. The van der Waals surface area contributed by atoms with E-state index in [1.807, 2.05) is 53.6 Å². The molecule has 13 atom stereocenters. The molecular formula is C37H66N4O9. The Labute approximate surface area is 299 Å². The number of hydrogen-bond donors (Lipinski definition) is 3. The summed E-state index contributed by atoms with van der Waals surface area (Å²) in [6.45, 7) is 18.7. The highest BCUT2D eigenvalue weighted by molar-refractivity contribution is 6.00. The number of nitrogens with two attached hydrogens (primary N) is 1. The third-order valence-corrected chi connectivity index (χ3v) is 11.2. The second-order valence-corrected chi connectivity index (χ2v) is 15.4. The van der Waals surface area contributed by atoms with Gasteiger partial charge in [0.2, 0.25) is 0 Å². The number of carbonyl (C=O) groups is 3. The van der Waals surface area contributed by atoms with Gasteiger partial charge >= 0.3 is 12.1 Å². The second-order valence-electron chi connectivity index (χ2n) is 15.4. The predicted molar refractivity (Wildman–Crippen MR) is 190 cm³/mol. The van der Waals surface area contributed by atoms with Crippen molar-refractivity contribution in [2.75, 3.05) is 40.8 Å². The molecule has 0 bridgehead atoms. The van der Waals surface area contributed by atoms with Gasteiger partial charge in [0.15, 0.2) is 17.7 Å². The Morgan fingerprint density at radius 1 is 1.16 bits per heavy atom. The highest BCUT2D eigenvalue weighted by Crippen LogP contribution is 2.40. The van der Waals surface area contributed by atoms with Gasteiger partial charge in [-0.05, 0) is 99.3 Å². The van der Waals surface area contributed by atoms with Gasteiger partial charge in [0.05, 0.1) is 23.9 Å². The van der Waals surface area contributed by atoms with Gasteiger partial charge in [0.1, 0.15) is 18.1 Å². The number of rotatable bonds is 11. The molecule has 13 nitrogen and oxygen atoms in total. The lowest BCUT2D eigenvalue weighted by molar-refractivity contribution is -0.295. The number of likely N-dealkylation sites (N-methyl/N-ethyl adjacent to an activating group) is 1. The molecule has 3 aliphatic rings. The Morgan fingerprint density at radius 2 is 1.84 bits per heavy atom. The lowest BCUT2D eigenvalue weighted by Gasteiger charge is -2.46. The largest absolute Gasteiger partial charge is 0.457 e. The Morgan fingerprint density at radius 3 is 2.42 bits per heavy atom. The van der Waals surface area contributed by atoms with E-state index in [4.69, 9.17) is 29.4 Å². The van der Waals surface area contributed by atoms with Crippen LogP contribution in [0.1, 0.15) is 87.0 Å². The fourth-order valence-electron chi connectivity index (χ4n) is 8.37. The van der Waals surface area contributed by atoms with Gasteiger partial charge in [-0.3, -0.25) is 14.5 Å². The van der Waals surface area contributed by atoms with Crippen molar-refractivity contribution in [3.8, 4) is 0 Å². The van der Waals surface area contributed by atoms with Crippen molar-refractivity contribution >= 4 is 17.8 Å². The van der Waals surface area contributed by atoms with E-state index in [-0.39, 0.29) is 30.5 Å². The van der Waals surface area contributed by atoms with Gasteiger partial charge < -0.3 is 44.7 Å². The summed E-state index contributed by atoms with van der Waals surface area (Å²) in [7, 11) is 5.39. The highest BCUT2D eigenvalue weighted by Gasteiger charge is 2.59. The number of amides is 1. The number of Topliss-reactive ketones (excluding diaryl/α,β-unsaturated/α-hetero) is 1. The molecule has 3 fully saturated rings. The Kier molecular flexibility index (Phi) is 15.3. The number of nitrogens with zero attached hydrogens (tertiary/aromatic N) is 2. The summed E-state index contributed by atoms with van der Waals surface area (Å²) in [4.78, 5) is 45.8. The molecule has 13 heteroatoms. The molecule has 50 heavy (non-hydrogen) atoms. The van der Waals surface area contributed by atoms with Crippen molar-refractivity contribution in [3.63, 3.8) is 0 Å². The molecule has 3 rings (SSSR count). The number of aliphatic hydroxyl groups excluding tert-OH is 1. The lowest BCUT2D eigenvalue weighted by Crippen LogP contribution is -2.61. The third-order valence-electron chi connectivity index (χ3n) is 11.2. The van der Waals surface area contributed by atoms with Gasteiger partial charge in [0, 0.05) is 31.7 Å². The number of fused-ring (bicyclic) bond motifs is 1. The number of unbranched alkanes of at least 4 members (excludes halogenated alkanes) is 1. The van der Waals surface area contributed by atoms with Gasteiger partial charge in [-0.25, -0.2) is 4.79 Å². The standard InChI is InChI=1S/C37H66N4O9/c1-12-16-26-29(42)24(5)32(49-34-30(43)27(40(9)10)19-23(4)47-34)36(7,46-11)20-22(3)21-39-25(6)31-37(8,28(13-2)48-33(26)44)50-35(45)41(31)18-15-14-17-38/h12,22-28,30-32,34,39,43H,1,13-21,38H2,2-11H3/t22-,23-,24-,25-,26-,27?,28+,30?,31-,32-,34+,36-,37-/m1/s1. The van der Waals surface area contributed by atoms with Crippen molar-refractivity contribution in [1.82, 2.24) is 15.1 Å². The molecule has 0 aliphatic carbocycles. The van der Waals surface area contributed by atoms with Gasteiger partial charge in [0.25, 0.3) is 0 Å². The van der Waals surface area contributed by atoms with E-state index < -0.39 is 71.5 Å². The average molecular weight is 711 g/mol. The fourth-order valence-corrected chi connectivity index (χ4v) is 8.37. The van der Waals surface area contributed by atoms with Crippen LogP contribution in [0, 0.1) is 17.8 Å². The van der Waals surface area contributed by atoms with Crippen LogP contribution in [0.2, 0.25) is 0 Å². The van der Waals surface area contributed by atoms with Gasteiger partial charge in [-0.1, -0.05) is 26.8 Å². The zero-order valence-electron chi connectivity index (χ0n) is 32.2. The zero-order valence-corrected chi connectivity index (χ0v) is 32.2. The topological polar surface area (TPSA) is 162 Å². The average Bonchev–Trinajstić information content (AvgIpc) is 3.32. The van der Waals surface area contributed by atoms with Crippen LogP contribution in [0.3, 0.4) is 0 Å². The first-order chi connectivity index (χ1) is 23.5. The molecule has 1 amide bonds. The molecule has 3 aliphatic heterocycles. The third kappa shape index (κ3) is 9.26. The monoisotopic (exact) mass is 710 g/mol. The number of hydrogen-bond acceptors (Lipinski definition) is 12. The van der Waals surface area contributed by atoms with E-state index in [9.17, 15) is 19.5 Å². The van der Waals surface area contributed by atoms with Crippen LogP contribution >= 0.6 is 0 Å². The number of allylic oxidation sites excluding steroid dienone is 1. The lowest BCUT2D eigenvalue weighted by atomic mass is 9.77. The predicted octanol–water partition coefficient (Wildman–Crippen LogP) is 3.26. The smallest absolute Gasteiger partial charge is 0.410 e. The summed E-state index contributed by atoms with van der Waals surface area (Å²) in [5, 5.41) is 15.1. The van der Waals surface area contributed by atoms with E-state index in [1.54, 1.807) is 18.9 Å². The minimum absolute atomic E-state index is 0.00497. The van der Waals surface area contributed by atoms with Crippen molar-refractivity contribution < 1.29 is 43.2 Å². The number of ether oxygens (including phenoxy) is 5. The number of esters is 1. The van der Waals surface area contributed by atoms with Crippen molar-refractivity contribution in [3.05, 3.63) is 12.7 Å². The first-order valence-electron chi connectivity index (χ1n) is 18.5. The summed E-state index contributed by atoms with van der Waals surface area (Å²) in [5.74, 6) is -3.19. The summed E-state index contributed by atoms with van der Waals surface area (Å²) < 4.78 is 31.4. The van der Waals surface area contributed by atoms with Crippen molar-refractivity contribution in [2.24, 2.45) is 23.5 Å². The van der Waals surface area contributed by atoms with E-state index in [1.165, 1.54) is 6.08 Å². The number of ketones is 1. The molecule has 0 aromatic carbocycles. The van der Waals surface area contributed by atoms with Gasteiger partial charge in [-0.15, -0.1) is 6.58 Å². The first kappa shape index (κ1) is 42.3. The Balaban J connectivity index is 2.11. The Hall–Kier alpha value is -2.13. The van der Waals surface area contributed by atoms with E-state index >= 15 is 0 Å². The molecular weight excluding hydrogens is 644 g/mol. The first-order valence-corrected chi connectivity index (χ1v) is 18.5. The number of carbonyl (C=O) groups excluding carboxylic acids is 3. The summed E-state index contributed by atoms with van der Waals surface area (Å²) in [6, 6.07) is -0.961. The highest BCUT2D eigenvalue weighted by atomic mass is 16.7. The molecule has 4 N–H and O–H groups in total. The van der Waals surface area contributed by atoms with Crippen LogP contribution in [-0.4, -0.2) is 134 Å². The molecule has 288 valence electrons. The minimum Gasteiger partial charge on any atom is -0.457 e. The zero-order chi connectivity index (χ0) is 37.6. The molecule has 0 saturated carbocycles. The summed E-state index contributed by atoms with van der Waals surface area (Å²) in [5.41, 5.74) is 3.53. The van der Waals surface area contributed by atoms with Crippen LogP contribution in [0.4, 0.5) is 4.79 Å². The number of nitrogens with one attached hydrogen (secondary N) is 1. The van der Waals surface area contributed by atoms with E-state index in [0.717, 1.165) is 6.42 Å². The van der Waals surface area contributed by atoms with E-state index in [2.05, 4.69) is 18.8 Å². The summed E-state index contributed by atoms with van der Waals surface area (Å²) >= 11 is 0. The molecule has 0 aromatic heterocycles. The van der Waals surface area contributed by atoms with Crippen LogP contribution in [0.25, 0.3) is 0 Å². The molecule has 0 radical (unpaired) electrons. The van der Waals surface area contributed by atoms with E-state index in [0.29, 0.717) is 45.3 Å². The fraction of sp³-hybridized carbons (Fsp3) is 0.865. The minimum atomic E-state index is -1.20. The quantitative estimate of drug-likeness (QED) is 0.124. The van der Waals surface area contributed by atoms with Crippen LogP contribution in [-0.2, 0) is 33.3 Å². The maximum absolute atomic E-state index is 14.5. The molecule has 0 aromatic rings. The van der Waals surface area contributed by atoms with Crippen LogP contribution < -0.4 is 11.1 Å².